The van der Waals surface area contributed by atoms with Crippen molar-refractivity contribution in [3.63, 3.8) is 0 Å². The Kier molecular flexibility index (Phi) is 4.64. The van der Waals surface area contributed by atoms with Crippen LogP contribution in [-0.4, -0.2) is 34.1 Å². The van der Waals surface area contributed by atoms with Gasteiger partial charge in [-0.05, 0) is 37.5 Å². The number of nitrogens with one attached hydrogen (secondary N) is 1. The van der Waals surface area contributed by atoms with Crippen LogP contribution in [0.25, 0.3) is 0 Å². The molecule has 0 bridgehead atoms. The molecule has 2 amide bonds. The molecule has 1 aromatic rings. The van der Waals surface area contributed by atoms with E-state index in [0.29, 0.717) is 41.5 Å². The number of amides is 2. The van der Waals surface area contributed by atoms with E-state index in [2.05, 4.69) is 5.32 Å². The fourth-order valence-electron chi connectivity index (χ4n) is 2.69. The SMILES string of the molecule is CCC1(C(=O)O)CCCN1C(=O)Nc1cc(Cl)ccc1Cl. The number of halogens is 2. The summed E-state index contributed by atoms with van der Waals surface area (Å²) in [7, 11) is 0. The molecule has 21 heavy (non-hydrogen) atoms. The van der Waals surface area contributed by atoms with E-state index in [1.807, 2.05) is 0 Å². The number of nitrogens with zero attached hydrogens (tertiary/aromatic N) is 1. The molecular formula is C14H16Cl2N2O3. The summed E-state index contributed by atoms with van der Waals surface area (Å²) in [5.41, 5.74) is -0.772. The minimum Gasteiger partial charge on any atom is -0.479 e. The summed E-state index contributed by atoms with van der Waals surface area (Å²) in [4.78, 5) is 25.3. The second-order valence-corrected chi connectivity index (χ2v) is 5.84. The Labute approximate surface area is 132 Å². The van der Waals surface area contributed by atoms with E-state index in [0.717, 1.165) is 0 Å². The first-order chi connectivity index (χ1) is 9.90. The lowest BCUT2D eigenvalue weighted by Crippen LogP contribution is -2.54. The molecule has 1 aliphatic rings. The lowest BCUT2D eigenvalue weighted by molar-refractivity contribution is -0.148. The van der Waals surface area contributed by atoms with Crippen molar-refractivity contribution in [2.45, 2.75) is 31.7 Å². The summed E-state index contributed by atoms with van der Waals surface area (Å²) in [5.74, 6) is -0.977. The maximum Gasteiger partial charge on any atom is 0.329 e. The quantitative estimate of drug-likeness (QED) is 0.884. The fraction of sp³-hybridized carbons (Fsp3) is 0.429. The number of rotatable bonds is 3. The van der Waals surface area contributed by atoms with E-state index in [1.165, 1.54) is 11.0 Å². The van der Waals surface area contributed by atoms with Crippen molar-refractivity contribution in [1.29, 1.82) is 0 Å². The van der Waals surface area contributed by atoms with Crippen LogP contribution in [0.5, 0.6) is 0 Å². The van der Waals surface area contributed by atoms with E-state index in [4.69, 9.17) is 23.2 Å². The van der Waals surface area contributed by atoms with Crippen LogP contribution >= 0.6 is 23.2 Å². The summed E-state index contributed by atoms with van der Waals surface area (Å²) in [6.07, 6.45) is 1.48. The Balaban J connectivity index is 2.23. The summed E-state index contributed by atoms with van der Waals surface area (Å²) >= 11 is 11.9. The third-order valence-corrected chi connectivity index (χ3v) is 4.45. The molecule has 0 saturated carbocycles. The van der Waals surface area contributed by atoms with Crippen LogP contribution in [0.1, 0.15) is 26.2 Å². The van der Waals surface area contributed by atoms with Crippen molar-refractivity contribution >= 4 is 40.9 Å². The second kappa shape index (κ2) is 6.12. The number of hydrogen-bond acceptors (Lipinski definition) is 2. The smallest absolute Gasteiger partial charge is 0.329 e. The topological polar surface area (TPSA) is 69.6 Å². The summed E-state index contributed by atoms with van der Waals surface area (Å²) in [5, 5.41) is 12.9. The number of benzene rings is 1. The molecule has 114 valence electrons. The predicted octanol–water partition coefficient (Wildman–Crippen LogP) is 3.85. The molecule has 1 aliphatic heterocycles. The highest BCUT2D eigenvalue weighted by molar-refractivity contribution is 6.35. The monoisotopic (exact) mass is 330 g/mol. The van der Waals surface area contributed by atoms with Gasteiger partial charge in [0.05, 0.1) is 10.7 Å². The number of carbonyl (C=O) groups excluding carboxylic acids is 1. The normalized spacial score (nSPS) is 21.4. The first kappa shape index (κ1) is 15.9. The Morgan fingerprint density at radius 1 is 1.43 bits per heavy atom. The van der Waals surface area contributed by atoms with Crippen LogP contribution in [0, 0.1) is 0 Å². The zero-order valence-corrected chi connectivity index (χ0v) is 13.0. The van der Waals surface area contributed by atoms with Gasteiger partial charge < -0.3 is 15.3 Å². The van der Waals surface area contributed by atoms with Crippen molar-refractivity contribution in [3.05, 3.63) is 28.2 Å². The zero-order valence-electron chi connectivity index (χ0n) is 11.5. The van der Waals surface area contributed by atoms with Gasteiger partial charge in [-0.25, -0.2) is 9.59 Å². The number of hydrogen-bond donors (Lipinski definition) is 2. The second-order valence-electron chi connectivity index (χ2n) is 5.00. The van der Waals surface area contributed by atoms with E-state index in [-0.39, 0.29) is 0 Å². The highest BCUT2D eigenvalue weighted by Gasteiger charge is 2.48. The Hall–Kier alpha value is -1.46. The maximum atomic E-state index is 12.4. The van der Waals surface area contributed by atoms with Crippen molar-refractivity contribution in [3.8, 4) is 0 Å². The minimum absolute atomic E-state index is 0.351. The highest BCUT2D eigenvalue weighted by atomic mass is 35.5. The predicted molar refractivity (Wildman–Crippen MR) is 82.1 cm³/mol. The molecule has 0 aromatic heterocycles. The van der Waals surface area contributed by atoms with Crippen LogP contribution in [0.3, 0.4) is 0 Å². The summed E-state index contributed by atoms with van der Waals surface area (Å²) in [6.45, 7) is 2.18. The number of carbonyl (C=O) groups is 2. The molecule has 0 spiro atoms. The van der Waals surface area contributed by atoms with Gasteiger partial charge in [-0.2, -0.15) is 0 Å². The van der Waals surface area contributed by atoms with Gasteiger partial charge in [-0.15, -0.1) is 0 Å². The van der Waals surface area contributed by atoms with E-state index < -0.39 is 17.5 Å². The Morgan fingerprint density at radius 2 is 2.14 bits per heavy atom. The van der Waals surface area contributed by atoms with Crippen LogP contribution in [-0.2, 0) is 4.79 Å². The van der Waals surface area contributed by atoms with Crippen LogP contribution in [0.2, 0.25) is 10.0 Å². The average Bonchev–Trinajstić information content (AvgIpc) is 2.88. The molecule has 1 heterocycles. The van der Waals surface area contributed by atoms with Crippen molar-refractivity contribution < 1.29 is 14.7 Å². The van der Waals surface area contributed by atoms with E-state index >= 15 is 0 Å². The van der Waals surface area contributed by atoms with Gasteiger partial charge in [0.1, 0.15) is 5.54 Å². The Bertz CT molecular complexity index is 579. The lowest BCUT2D eigenvalue weighted by atomic mass is 9.93. The van der Waals surface area contributed by atoms with Crippen molar-refractivity contribution in [2.24, 2.45) is 0 Å². The van der Waals surface area contributed by atoms with Crippen LogP contribution < -0.4 is 5.32 Å². The van der Waals surface area contributed by atoms with Gasteiger partial charge in [0, 0.05) is 11.6 Å². The van der Waals surface area contributed by atoms with Crippen LogP contribution in [0.4, 0.5) is 10.5 Å². The van der Waals surface area contributed by atoms with Gasteiger partial charge in [0.2, 0.25) is 0 Å². The molecule has 0 aliphatic carbocycles. The molecule has 7 heteroatoms. The highest BCUT2D eigenvalue weighted by Crippen LogP contribution is 2.34. The first-order valence-corrected chi connectivity index (χ1v) is 7.43. The molecule has 1 aromatic carbocycles. The molecule has 5 nitrogen and oxygen atoms in total. The summed E-state index contributed by atoms with van der Waals surface area (Å²) in [6, 6.07) is 4.25. The lowest BCUT2D eigenvalue weighted by Gasteiger charge is -2.33. The van der Waals surface area contributed by atoms with Gasteiger partial charge in [-0.3, -0.25) is 0 Å². The number of aliphatic carboxylic acids is 1. The van der Waals surface area contributed by atoms with Gasteiger partial charge in [0.25, 0.3) is 0 Å². The number of anilines is 1. The molecule has 1 fully saturated rings. The summed E-state index contributed by atoms with van der Waals surface area (Å²) < 4.78 is 0. The Morgan fingerprint density at radius 3 is 2.76 bits per heavy atom. The molecule has 0 radical (unpaired) electrons. The third kappa shape index (κ3) is 2.94. The fourth-order valence-corrected chi connectivity index (χ4v) is 3.03. The molecular weight excluding hydrogens is 315 g/mol. The minimum atomic E-state index is -1.14. The number of carboxylic acid groups (broad SMARTS) is 1. The van der Waals surface area contributed by atoms with Crippen LogP contribution in [0.15, 0.2) is 18.2 Å². The average molecular weight is 331 g/mol. The number of urea groups is 1. The van der Waals surface area contributed by atoms with Gasteiger partial charge >= 0.3 is 12.0 Å². The van der Waals surface area contributed by atoms with Crippen molar-refractivity contribution in [2.75, 3.05) is 11.9 Å². The molecule has 2 N–H and O–H groups in total. The van der Waals surface area contributed by atoms with Gasteiger partial charge in [-0.1, -0.05) is 30.1 Å². The van der Waals surface area contributed by atoms with Crippen molar-refractivity contribution in [1.82, 2.24) is 4.90 Å². The largest absolute Gasteiger partial charge is 0.479 e. The third-order valence-electron chi connectivity index (χ3n) is 3.89. The molecule has 1 unspecified atom stereocenters. The first-order valence-electron chi connectivity index (χ1n) is 6.68. The van der Waals surface area contributed by atoms with E-state index in [1.54, 1.807) is 19.1 Å². The maximum absolute atomic E-state index is 12.4. The number of likely N-dealkylation sites (tertiary alicyclic amines) is 1. The standard InChI is InChI=1S/C14H16Cl2N2O3/c1-2-14(12(19)20)6-3-7-18(14)13(21)17-11-8-9(15)4-5-10(11)16/h4-5,8H,2-3,6-7H2,1H3,(H,17,21)(H,19,20). The van der Waals surface area contributed by atoms with E-state index in [9.17, 15) is 14.7 Å². The molecule has 2 rings (SSSR count). The zero-order chi connectivity index (χ0) is 15.6. The molecule has 1 atom stereocenters. The number of carboxylic acids is 1. The molecule has 1 saturated heterocycles. The van der Waals surface area contributed by atoms with Gasteiger partial charge in [0.15, 0.2) is 0 Å².